The lowest BCUT2D eigenvalue weighted by atomic mass is 10.2. The van der Waals surface area contributed by atoms with E-state index in [1.807, 2.05) is 57.4 Å². The molecule has 9 heteroatoms. The van der Waals surface area contributed by atoms with Crippen molar-refractivity contribution in [2.24, 2.45) is 0 Å². The zero-order valence-corrected chi connectivity index (χ0v) is 21.0. The Balaban J connectivity index is 1.57. The number of benzene rings is 1. The van der Waals surface area contributed by atoms with Crippen molar-refractivity contribution in [3.8, 4) is 11.1 Å². The molecule has 2 N–H and O–H groups in total. The number of amides is 4. The van der Waals surface area contributed by atoms with E-state index in [2.05, 4.69) is 16.7 Å². The summed E-state index contributed by atoms with van der Waals surface area (Å²) < 4.78 is 1.99. The number of anilines is 1. The molecule has 0 radical (unpaired) electrons. The van der Waals surface area contributed by atoms with Gasteiger partial charge in [-0.1, -0.05) is 17.7 Å². The van der Waals surface area contributed by atoms with Gasteiger partial charge in [0.15, 0.2) is 0 Å². The maximum absolute atomic E-state index is 12.9. The zero-order chi connectivity index (χ0) is 25.4. The van der Waals surface area contributed by atoms with Crippen LogP contribution in [0, 0.1) is 45.9 Å². The van der Waals surface area contributed by atoms with Crippen LogP contribution in [0.25, 0.3) is 11.1 Å². The van der Waals surface area contributed by atoms with Gasteiger partial charge in [0.2, 0.25) is 5.91 Å². The summed E-state index contributed by atoms with van der Waals surface area (Å²) in [5.41, 5.74) is 5.80. The number of hydrogen-bond donors (Lipinski definition) is 2. The fourth-order valence-electron chi connectivity index (χ4n) is 4.00. The molecule has 1 aliphatic heterocycles. The van der Waals surface area contributed by atoms with E-state index < -0.39 is 24.4 Å². The summed E-state index contributed by atoms with van der Waals surface area (Å²) in [4.78, 5) is 39.8. The first kappa shape index (κ1) is 24.0. The number of carbonyl (C=O) groups excluding carboxylic acids is 3. The van der Waals surface area contributed by atoms with E-state index in [9.17, 15) is 19.6 Å². The minimum Gasteiger partial charge on any atom is -0.325 e. The first-order valence-electron chi connectivity index (χ1n) is 11.0. The maximum atomic E-state index is 12.9. The molecule has 178 valence electrons. The number of imide groups is 1. The lowest BCUT2D eigenvalue weighted by molar-refractivity contribution is -0.127. The molecule has 1 saturated heterocycles. The van der Waals surface area contributed by atoms with Crippen LogP contribution in [0.3, 0.4) is 0 Å². The number of urea groups is 1. The van der Waals surface area contributed by atoms with Gasteiger partial charge in [-0.3, -0.25) is 9.59 Å². The smallest absolute Gasteiger partial charge is 0.325 e. The molecule has 8 nitrogen and oxygen atoms in total. The normalized spacial score (nSPS) is 14.4. The second-order valence-electron chi connectivity index (χ2n) is 8.53. The molecule has 1 aromatic carbocycles. The van der Waals surface area contributed by atoms with E-state index in [4.69, 9.17) is 0 Å². The number of rotatable bonds is 5. The van der Waals surface area contributed by atoms with Crippen LogP contribution in [0.15, 0.2) is 36.0 Å². The molecule has 35 heavy (non-hydrogen) atoms. The minimum atomic E-state index is -0.648. The van der Waals surface area contributed by atoms with Gasteiger partial charge in [0.25, 0.3) is 5.91 Å². The third kappa shape index (κ3) is 4.48. The van der Waals surface area contributed by atoms with Crippen molar-refractivity contribution in [2.45, 2.75) is 34.6 Å². The molecule has 0 bridgehead atoms. The van der Waals surface area contributed by atoms with Gasteiger partial charge < -0.3 is 15.2 Å². The molecular weight excluding hydrogens is 462 g/mol. The van der Waals surface area contributed by atoms with Crippen molar-refractivity contribution in [1.29, 1.82) is 5.26 Å². The van der Waals surface area contributed by atoms with Crippen molar-refractivity contribution in [3.63, 3.8) is 0 Å². The van der Waals surface area contributed by atoms with Gasteiger partial charge in [-0.15, -0.1) is 11.3 Å². The summed E-state index contributed by atoms with van der Waals surface area (Å²) in [6, 6.07) is 10.8. The van der Waals surface area contributed by atoms with E-state index in [1.165, 1.54) is 0 Å². The predicted octanol–water partition coefficient (Wildman–Crippen LogP) is 4.48. The molecule has 4 amide bonds. The van der Waals surface area contributed by atoms with Crippen molar-refractivity contribution in [3.05, 3.63) is 74.5 Å². The first-order chi connectivity index (χ1) is 16.6. The quantitative estimate of drug-likeness (QED) is 0.409. The second kappa shape index (κ2) is 9.24. The molecule has 0 spiro atoms. The number of nitrogens with zero attached hydrogens (tertiary/aromatic N) is 3. The van der Waals surface area contributed by atoms with Gasteiger partial charge in [-0.05, 0) is 70.0 Å². The highest BCUT2D eigenvalue weighted by atomic mass is 32.1. The molecule has 3 aromatic rings. The summed E-state index contributed by atoms with van der Waals surface area (Å²) in [5, 5.41) is 15.8. The molecule has 1 fully saturated rings. The molecule has 0 aliphatic carbocycles. The fourth-order valence-corrected chi connectivity index (χ4v) is 5.21. The molecular formula is C26H25N5O3S. The largest absolute Gasteiger partial charge is 0.329 e. The van der Waals surface area contributed by atoms with Gasteiger partial charge in [0.05, 0.1) is 5.56 Å². The summed E-state index contributed by atoms with van der Waals surface area (Å²) in [6.45, 7) is 9.29. The average molecular weight is 488 g/mol. The van der Waals surface area contributed by atoms with Crippen molar-refractivity contribution in [2.75, 3.05) is 11.9 Å². The molecule has 0 unspecified atom stereocenters. The highest BCUT2D eigenvalue weighted by Crippen LogP contribution is 2.34. The van der Waals surface area contributed by atoms with Crippen LogP contribution in [0.5, 0.6) is 0 Å². The Labute approximate surface area is 207 Å². The predicted molar refractivity (Wildman–Crippen MR) is 135 cm³/mol. The minimum absolute atomic E-state index is 0.0948. The Bertz CT molecular complexity index is 1440. The maximum Gasteiger partial charge on any atom is 0.329 e. The topological polar surface area (TPSA) is 107 Å². The summed E-state index contributed by atoms with van der Waals surface area (Å²) in [5.74, 6) is -1.04. The first-order valence-corrected chi connectivity index (χ1v) is 11.8. The van der Waals surface area contributed by atoms with Crippen LogP contribution in [0.1, 0.15) is 38.5 Å². The van der Waals surface area contributed by atoms with Crippen molar-refractivity contribution < 1.29 is 14.4 Å². The Hall–Kier alpha value is -4.16. The lowest BCUT2D eigenvalue weighted by Crippen LogP contribution is -2.38. The number of thiophene rings is 1. The number of aromatic nitrogens is 1. The molecule has 0 atom stereocenters. The lowest BCUT2D eigenvalue weighted by Gasteiger charge is -2.12. The van der Waals surface area contributed by atoms with Crippen LogP contribution in [-0.2, 0) is 9.59 Å². The second-order valence-corrected chi connectivity index (χ2v) is 9.73. The van der Waals surface area contributed by atoms with E-state index in [1.54, 1.807) is 29.5 Å². The number of hydrogen-bond acceptors (Lipinski definition) is 5. The highest BCUT2D eigenvalue weighted by Gasteiger charge is 2.35. The SMILES string of the molecule is Cc1ccc(NC(=O)CN2C(=O)N/C(=C\c3cc(C)n(-c4sc(C)c(C)c4C#N)c3C)C2=O)cc1. The Kier molecular flexibility index (Phi) is 6.33. The van der Waals surface area contributed by atoms with E-state index >= 15 is 0 Å². The van der Waals surface area contributed by atoms with Crippen molar-refractivity contribution in [1.82, 2.24) is 14.8 Å². The van der Waals surface area contributed by atoms with Crippen LogP contribution < -0.4 is 10.6 Å². The van der Waals surface area contributed by atoms with Gasteiger partial charge in [-0.25, -0.2) is 9.69 Å². The van der Waals surface area contributed by atoms with Gasteiger partial charge >= 0.3 is 6.03 Å². The van der Waals surface area contributed by atoms with Gasteiger partial charge in [-0.2, -0.15) is 5.26 Å². The molecule has 2 aromatic heterocycles. The van der Waals surface area contributed by atoms with E-state index in [0.29, 0.717) is 11.3 Å². The van der Waals surface area contributed by atoms with E-state index in [-0.39, 0.29) is 5.70 Å². The average Bonchev–Trinajstić information content (AvgIpc) is 3.35. The monoisotopic (exact) mass is 487 g/mol. The Morgan fingerprint density at radius 2 is 1.83 bits per heavy atom. The van der Waals surface area contributed by atoms with Gasteiger partial charge in [0, 0.05) is 22.0 Å². The molecule has 0 saturated carbocycles. The number of nitrogens with one attached hydrogen (secondary N) is 2. The Morgan fingerprint density at radius 1 is 1.14 bits per heavy atom. The van der Waals surface area contributed by atoms with Crippen LogP contribution in [0.4, 0.5) is 10.5 Å². The standard InChI is InChI=1S/C26H25N5O3S/c1-14-6-8-20(9-7-14)28-23(32)13-30-24(33)22(29-26(30)34)11-19-10-15(2)31(17(19)4)25-21(12-27)16(3)18(5)35-25/h6-11H,13H2,1-5H3,(H,28,32)(H,29,34)/b22-11-. The molecule has 4 rings (SSSR count). The third-order valence-corrected chi connectivity index (χ3v) is 7.24. The molecule has 1 aliphatic rings. The van der Waals surface area contributed by atoms with Crippen LogP contribution in [-0.4, -0.2) is 33.9 Å². The van der Waals surface area contributed by atoms with E-state index in [0.717, 1.165) is 42.9 Å². The number of aryl methyl sites for hydroxylation is 3. The van der Waals surface area contributed by atoms with Crippen LogP contribution in [0.2, 0.25) is 0 Å². The number of nitriles is 1. The highest BCUT2D eigenvalue weighted by molar-refractivity contribution is 7.14. The summed E-state index contributed by atoms with van der Waals surface area (Å²) in [7, 11) is 0. The zero-order valence-electron chi connectivity index (χ0n) is 20.1. The summed E-state index contributed by atoms with van der Waals surface area (Å²) >= 11 is 1.54. The molecule has 3 heterocycles. The summed E-state index contributed by atoms with van der Waals surface area (Å²) in [6.07, 6.45) is 1.61. The van der Waals surface area contributed by atoms with Crippen LogP contribution >= 0.6 is 11.3 Å². The fraction of sp³-hybridized carbons (Fsp3) is 0.231. The van der Waals surface area contributed by atoms with Crippen molar-refractivity contribution >= 4 is 40.9 Å². The number of carbonyl (C=O) groups is 3. The Morgan fingerprint density at radius 3 is 2.49 bits per heavy atom. The van der Waals surface area contributed by atoms with Gasteiger partial charge in [0.1, 0.15) is 23.3 Å². The third-order valence-electron chi connectivity index (χ3n) is 6.05.